The van der Waals surface area contributed by atoms with E-state index in [0.717, 1.165) is 48.2 Å². The van der Waals surface area contributed by atoms with E-state index < -0.39 is 0 Å². The molecular formula is C21H28N4O2. The Morgan fingerprint density at radius 2 is 1.89 bits per heavy atom. The van der Waals surface area contributed by atoms with Crippen molar-refractivity contribution in [3.05, 3.63) is 46.5 Å². The number of rotatable bonds is 5. The van der Waals surface area contributed by atoms with E-state index in [2.05, 4.69) is 15.6 Å². The minimum atomic E-state index is -0.266. The Balaban J connectivity index is 1.93. The number of anilines is 1. The van der Waals surface area contributed by atoms with Gasteiger partial charge in [0.15, 0.2) is 5.82 Å². The second kappa shape index (κ2) is 7.94. The van der Waals surface area contributed by atoms with Gasteiger partial charge in [0.25, 0.3) is 11.8 Å². The average molecular weight is 368 g/mol. The maximum Gasteiger partial charge on any atom is 0.291 e. The molecule has 0 saturated carbocycles. The van der Waals surface area contributed by atoms with Crippen molar-refractivity contribution >= 4 is 17.5 Å². The van der Waals surface area contributed by atoms with Crippen LogP contribution in [0.25, 0.3) is 0 Å². The van der Waals surface area contributed by atoms with Crippen LogP contribution in [0.5, 0.6) is 0 Å². The van der Waals surface area contributed by atoms with Crippen molar-refractivity contribution in [2.24, 2.45) is 0 Å². The minimum absolute atomic E-state index is 0.0744. The van der Waals surface area contributed by atoms with Crippen LogP contribution in [0.4, 0.5) is 5.69 Å². The molecule has 6 nitrogen and oxygen atoms in total. The molecule has 0 saturated heterocycles. The van der Waals surface area contributed by atoms with Crippen molar-refractivity contribution in [2.45, 2.75) is 66.0 Å². The third kappa shape index (κ3) is 3.89. The molecule has 27 heavy (non-hydrogen) atoms. The Morgan fingerprint density at radius 3 is 2.56 bits per heavy atom. The van der Waals surface area contributed by atoms with Crippen LogP contribution in [-0.4, -0.2) is 27.4 Å². The van der Waals surface area contributed by atoms with Crippen molar-refractivity contribution in [2.75, 3.05) is 5.32 Å². The SMILES string of the molecule is CCC(C)NC(=O)c1nc(C(=O)Nc2c(C)cccc2C)n2c1CCCC2. The fourth-order valence-corrected chi connectivity index (χ4v) is 3.47. The number of nitrogens with one attached hydrogen (secondary N) is 2. The molecule has 0 bridgehead atoms. The van der Waals surface area contributed by atoms with Gasteiger partial charge < -0.3 is 15.2 Å². The summed E-state index contributed by atoms with van der Waals surface area (Å²) in [4.78, 5) is 30.1. The zero-order valence-corrected chi connectivity index (χ0v) is 16.6. The molecule has 6 heteroatoms. The number of imidazole rings is 1. The number of amides is 2. The van der Waals surface area contributed by atoms with E-state index in [0.29, 0.717) is 18.1 Å². The van der Waals surface area contributed by atoms with Crippen LogP contribution in [0.1, 0.15) is 71.0 Å². The number of carbonyl (C=O) groups is 2. The zero-order chi connectivity index (χ0) is 19.6. The number of carbonyl (C=O) groups excluding carboxylic acids is 2. The number of aryl methyl sites for hydroxylation is 2. The molecule has 1 aromatic carbocycles. The highest BCUT2D eigenvalue weighted by atomic mass is 16.2. The van der Waals surface area contributed by atoms with Gasteiger partial charge in [0.1, 0.15) is 5.69 Å². The molecule has 2 heterocycles. The van der Waals surface area contributed by atoms with Gasteiger partial charge in [0.05, 0.1) is 5.69 Å². The fourth-order valence-electron chi connectivity index (χ4n) is 3.47. The summed E-state index contributed by atoms with van der Waals surface area (Å²) >= 11 is 0. The number of nitrogens with zero attached hydrogens (tertiary/aromatic N) is 2. The first-order valence-corrected chi connectivity index (χ1v) is 9.70. The highest BCUT2D eigenvalue weighted by Gasteiger charge is 2.28. The van der Waals surface area contributed by atoms with Gasteiger partial charge in [-0.3, -0.25) is 9.59 Å². The summed E-state index contributed by atoms with van der Waals surface area (Å²) in [7, 11) is 0. The van der Waals surface area contributed by atoms with Crippen LogP contribution >= 0.6 is 0 Å². The molecule has 0 aliphatic carbocycles. The molecule has 1 aromatic heterocycles. The molecule has 0 fully saturated rings. The lowest BCUT2D eigenvalue weighted by atomic mass is 10.1. The van der Waals surface area contributed by atoms with Gasteiger partial charge in [0, 0.05) is 18.3 Å². The van der Waals surface area contributed by atoms with Gasteiger partial charge in [-0.1, -0.05) is 25.1 Å². The molecule has 2 N–H and O–H groups in total. The fraction of sp³-hybridized carbons (Fsp3) is 0.476. The predicted molar refractivity (Wildman–Crippen MR) is 106 cm³/mol. The van der Waals surface area contributed by atoms with Crippen molar-refractivity contribution in [3.8, 4) is 0 Å². The standard InChI is InChI=1S/C21H28N4O2/c1-5-15(4)22-20(26)18-16-11-6-7-12-25(16)19(23-18)21(27)24-17-13(2)9-8-10-14(17)3/h8-10,15H,5-7,11-12H2,1-4H3,(H,22,26)(H,24,27). The van der Waals surface area contributed by atoms with Crippen molar-refractivity contribution in [3.63, 3.8) is 0 Å². The summed E-state index contributed by atoms with van der Waals surface area (Å²) in [5.74, 6) is -0.138. The highest BCUT2D eigenvalue weighted by Crippen LogP contribution is 2.24. The lowest BCUT2D eigenvalue weighted by molar-refractivity contribution is 0.0933. The normalized spacial score (nSPS) is 14.4. The molecule has 1 aliphatic heterocycles. The van der Waals surface area contributed by atoms with E-state index in [4.69, 9.17) is 0 Å². The topological polar surface area (TPSA) is 76.0 Å². The highest BCUT2D eigenvalue weighted by molar-refractivity contribution is 6.04. The Bertz CT molecular complexity index is 849. The monoisotopic (exact) mass is 368 g/mol. The Hall–Kier alpha value is -2.63. The zero-order valence-electron chi connectivity index (χ0n) is 16.6. The van der Waals surface area contributed by atoms with E-state index in [9.17, 15) is 9.59 Å². The average Bonchev–Trinajstić information content (AvgIpc) is 3.04. The maximum absolute atomic E-state index is 13.0. The summed E-state index contributed by atoms with van der Waals surface area (Å²) in [5.41, 5.74) is 4.07. The molecule has 0 radical (unpaired) electrons. The predicted octanol–water partition coefficient (Wildman–Crippen LogP) is 3.62. The molecular weight excluding hydrogens is 340 g/mol. The summed E-state index contributed by atoms with van der Waals surface area (Å²) in [5, 5.41) is 5.96. The number of para-hydroxylation sites is 1. The Kier molecular flexibility index (Phi) is 5.63. The number of benzene rings is 1. The van der Waals surface area contributed by atoms with Crippen LogP contribution in [-0.2, 0) is 13.0 Å². The summed E-state index contributed by atoms with van der Waals surface area (Å²) in [6, 6.07) is 5.98. The van der Waals surface area contributed by atoms with E-state index in [1.807, 2.05) is 50.5 Å². The first-order chi connectivity index (χ1) is 12.9. The second-order valence-electron chi connectivity index (χ2n) is 7.34. The number of aromatic nitrogens is 2. The Labute approximate surface area is 160 Å². The molecule has 3 rings (SSSR count). The smallest absolute Gasteiger partial charge is 0.291 e. The van der Waals surface area contributed by atoms with E-state index >= 15 is 0 Å². The maximum atomic E-state index is 13.0. The molecule has 2 aromatic rings. The lowest BCUT2D eigenvalue weighted by Gasteiger charge is -2.18. The number of fused-ring (bicyclic) bond motifs is 1. The molecule has 1 atom stereocenters. The van der Waals surface area contributed by atoms with Crippen LogP contribution in [0, 0.1) is 13.8 Å². The van der Waals surface area contributed by atoms with Gasteiger partial charge in [-0.2, -0.15) is 0 Å². The van der Waals surface area contributed by atoms with Crippen molar-refractivity contribution < 1.29 is 9.59 Å². The molecule has 1 aliphatic rings. The summed E-state index contributed by atoms with van der Waals surface area (Å²) in [6.45, 7) is 8.64. The summed E-state index contributed by atoms with van der Waals surface area (Å²) in [6.07, 6.45) is 3.61. The van der Waals surface area contributed by atoms with E-state index in [-0.39, 0.29) is 17.9 Å². The Morgan fingerprint density at radius 1 is 1.19 bits per heavy atom. The summed E-state index contributed by atoms with van der Waals surface area (Å²) < 4.78 is 1.91. The van der Waals surface area contributed by atoms with Crippen LogP contribution in [0.2, 0.25) is 0 Å². The van der Waals surface area contributed by atoms with Gasteiger partial charge >= 0.3 is 0 Å². The quantitative estimate of drug-likeness (QED) is 0.846. The van der Waals surface area contributed by atoms with Gasteiger partial charge in [-0.25, -0.2) is 4.98 Å². The van der Waals surface area contributed by atoms with Gasteiger partial charge in [0.2, 0.25) is 0 Å². The van der Waals surface area contributed by atoms with Crippen LogP contribution in [0.15, 0.2) is 18.2 Å². The second-order valence-corrected chi connectivity index (χ2v) is 7.34. The molecule has 0 spiro atoms. The van der Waals surface area contributed by atoms with Gasteiger partial charge in [-0.15, -0.1) is 0 Å². The largest absolute Gasteiger partial charge is 0.348 e. The third-order valence-electron chi connectivity index (χ3n) is 5.25. The van der Waals surface area contributed by atoms with Gasteiger partial charge in [-0.05, 0) is 57.6 Å². The van der Waals surface area contributed by atoms with E-state index in [1.165, 1.54) is 0 Å². The first-order valence-electron chi connectivity index (χ1n) is 9.70. The van der Waals surface area contributed by atoms with Crippen LogP contribution < -0.4 is 10.6 Å². The third-order valence-corrected chi connectivity index (χ3v) is 5.25. The lowest BCUT2D eigenvalue weighted by Crippen LogP contribution is -2.33. The number of hydrogen-bond acceptors (Lipinski definition) is 3. The van der Waals surface area contributed by atoms with E-state index in [1.54, 1.807) is 0 Å². The molecule has 1 unspecified atom stereocenters. The first kappa shape index (κ1) is 19.1. The van der Waals surface area contributed by atoms with Crippen molar-refractivity contribution in [1.82, 2.24) is 14.9 Å². The molecule has 2 amide bonds. The van der Waals surface area contributed by atoms with Crippen LogP contribution in [0.3, 0.4) is 0 Å². The van der Waals surface area contributed by atoms with Crippen molar-refractivity contribution in [1.29, 1.82) is 0 Å². The molecule has 144 valence electrons. The minimum Gasteiger partial charge on any atom is -0.348 e. The number of hydrogen-bond donors (Lipinski definition) is 2.